The number of para-hydroxylation sites is 1. The summed E-state index contributed by atoms with van der Waals surface area (Å²) in [7, 11) is 2.63. The maximum Gasteiger partial charge on any atom is 0.426 e. The van der Waals surface area contributed by atoms with Gasteiger partial charge in [0.05, 0.1) is 31.0 Å². The Balaban J connectivity index is 1.96. The lowest BCUT2D eigenvalue weighted by Gasteiger charge is -2.25. The van der Waals surface area contributed by atoms with Crippen LogP contribution in [-0.4, -0.2) is 31.2 Å². The van der Waals surface area contributed by atoms with Crippen molar-refractivity contribution in [2.45, 2.75) is 0 Å². The summed E-state index contributed by atoms with van der Waals surface area (Å²) in [6, 6.07) is 21.5. The minimum absolute atomic E-state index is 0.183. The number of carbonyl (C=O) groups is 2. The molecule has 0 unspecified atom stereocenters. The minimum atomic E-state index is -0.867. The van der Waals surface area contributed by atoms with E-state index in [-0.39, 0.29) is 17.0 Å². The van der Waals surface area contributed by atoms with Gasteiger partial charge >= 0.3 is 6.09 Å². The Labute approximate surface area is 189 Å². The zero-order valence-corrected chi connectivity index (χ0v) is 17.9. The second-order valence-electron chi connectivity index (χ2n) is 6.97. The lowest BCUT2D eigenvalue weighted by molar-refractivity contribution is 0.0963. The topological polar surface area (TPSA) is 80.8 Å². The number of methoxy groups -OCH3 is 2. The summed E-state index contributed by atoms with van der Waals surface area (Å²) < 4.78 is 23.9. The molecule has 0 saturated heterocycles. The molecule has 166 valence electrons. The summed E-state index contributed by atoms with van der Waals surface area (Å²) in [6.45, 7) is 0. The Morgan fingerprint density at radius 3 is 2.24 bits per heavy atom. The van der Waals surface area contributed by atoms with Crippen molar-refractivity contribution in [3.63, 3.8) is 0 Å². The smallest absolute Gasteiger partial charge is 0.426 e. The molecular weight excluding hydrogens is 425 g/mol. The lowest BCUT2D eigenvalue weighted by Crippen LogP contribution is -2.46. The summed E-state index contributed by atoms with van der Waals surface area (Å²) in [5.74, 6) is -0.856. The molecule has 0 saturated carbocycles. The molecule has 8 heteroatoms. The van der Waals surface area contributed by atoms with Crippen LogP contribution in [0.4, 0.5) is 14.9 Å². The van der Waals surface area contributed by atoms with Gasteiger partial charge in [-0.05, 0) is 30.3 Å². The van der Waals surface area contributed by atoms with Crippen LogP contribution in [0.25, 0.3) is 22.2 Å². The molecule has 1 heterocycles. The highest BCUT2D eigenvalue weighted by molar-refractivity contribution is 6.17. The first kappa shape index (κ1) is 21.8. The molecule has 4 rings (SSSR count). The molecule has 0 fully saturated rings. The molecule has 0 aliphatic rings. The predicted octanol–water partition coefficient (Wildman–Crippen LogP) is 4.97. The number of ether oxygens (including phenoxy) is 2. The number of nitrogens with one attached hydrogen (secondary N) is 1. The van der Waals surface area contributed by atoms with Crippen LogP contribution in [0.1, 0.15) is 10.4 Å². The van der Waals surface area contributed by atoms with Gasteiger partial charge in [0, 0.05) is 10.9 Å². The fourth-order valence-corrected chi connectivity index (χ4v) is 3.47. The normalized spacial score (nSPS) is 10.5. The van der Waals surface area contributed by atoms with E-state index in [1.165, 1.54) is 38.5 Å². The molecule has 0 aliphatic carbocycles. The summed E-state index contributed by atoms with van der Waals surface area (Å²) >= 11 is 0. The number of nitrogens with zero attached hydrogens (tertiary/aromatic N) is 2. The molecule has 0 spiro atoms. The highest BCUT2D eigenvalue weighted by Crippen LogP contribution is 2.37. The Morgan fingerprint density at radius 2 is 1.58 bits per heavy atom. The number of rotatable bonds is 4. The highest BCUT2D eigenvalue weighted by atomic mass is 19.1. The van der Waals surface area contributed by atoms with Crippen molar-refractivity contribution in [1.82, 2.24) is 10.4 Å². The van der Waals surface area contributed by atoms with Crippen molar-refractivity contribution in [1.29, 1.82) is 0 Å². The van der Waals surface area contributed by atoms with Gasteiger partial charge in [0.15, 0.2) is 5.75 Å². The number of anilines is 1. The van der Waals surface area contributed by atoms with Gasteiger partial charge in [0.25, 0.3) is 5.91 Å². The van der Waals surface area contributed by atoms with Crippen molar-refractivity contribution >= 4 is 28.6 Å². The van der Waals surface area contributed by atoms with E-state index >= 15 is 0 Å². The second-order valence-corrected chi connectivity index (χ2v) is 6.97. The van der Waals surface area contributed by atoms with E-state index in [2.05, 4.69) is 10.2 Å². The number of fused-ring (bicyclic) bond motifs is 1. The third-order valence-electron chi connectivity index (χ3n) is 4.99. The molecule has 33 heavy (non-hydrogen) atoms. The average molecular weight is 445 g/mol. The Morgan fingerprint density at radius 1 is 0.909 bits per heavy atom. The Hall–Kier alpha value is -4.46. The summed E-state index contributed by atoms with van der Waals surface area (Å²) in [6.07, 6.45) is -0.867. The van der Waals surface area contributed by atoms with Gasteiger partial charge in [-0.1, -0.05) is 48.5 Å². The largest absolute Gasteiger partial charge is 0.494 e. The third kappa shape index (κ3) is 4.31. The van der Waals surface area contributed by atoms with Gasteiger partial charge in [-0.25, -0.2) is 24.6 Å². The number of hydrogen-bond donors (Lipinski definition) is 1. The van der Waals surface area contributed by atoms with Crippen molar-refractivity contribution < 1.29 is 23.5 Å². The number of aromatic nitrogens is 1. The van der Waals surface area contributed by atoms with E-state index in [0.717, 1.165) is 10.6 Å². The molecule has 0 aliphatic heterocycles. The maximum absolute atomic E-state index is 13.9. The van der Waals surface area contributed by atoms with E-state index in [4.69, 9.17) is 9.72 Å². The average Bonchev–Trinajstić information content (AvgIpc) is 2.86. The van der Waals surface area contributed by atoms with Crippen molar-refractivity contribution in [3.05, 3.63) is 90.2 Å². The van der Waals surface area contributed by atoms with Crippen LogP contribution in [0, 0.1) is 5.82 Å². The summed E-state index contributed by atoms with van der Waals surface area (Å²) in [5, 5.41) is 1.52. The Kier molecular flexibility index (Phi) is 6.17. The van der Waals surface area contributed by atoms with E-state index in [1.807, 2.05) is 36.4 Å². The van der Waals surface area contributed by atoms with Gasteiger partial charge in [-0.15, -0.1) is 0 Å². The quantitative estimate of drug-likeness (QED) is 0.449. The van der Waals surface area contributed by atoms with Crippen LogP contribution in [0.5, 0.6) is 5.75 Å². The van der Waals surface area contributed by atoms with E-state index in [0.29, 0.717) is 16.6 Å². The van der Waals surface area contributed by atoms with Gasteiger partial charge < -0.3 is 9.47 Å². The summed E-state index contributed by atoms with van der Waals surface area (Å²) in [5.41, 5.74) is 4.61. The van der Waals surface area contributed by atoms with Crippen LogP contribution < -0.4 is 15.2 Å². The molecule has 4 aromatic rings. The van der Waals surface area contributed by atoms with Crippen molar-refractivity contribution in [3.8, 4) is 17.0 Å². The van der Waals surface area contributed by atoms with Crippen molar-refractivity contribution in [2.75, 3.05) is 19.2 Å². The molecule has 0 atom stereocenters. The molecule has 0 radical (unpaired) electrons. The highest BCUT2D eigenvalue weighted by Gasteiger charge is 2.28. The zero-order valence-electron chi connectivity index (χ0n) is 17.9. The number of pyridine rings is 1. The second kappa shape index (κ2) is 9.35. The number of amides is 2. The SMILES string of the molecule is COC(=O)NN(C(=O)c1c(OC)c(-c2ccccc2)nc2ccccc12)c1ccc(F)cc1. The number of carbonyl (C=O) groups excluding carboxylic acids is 2. The van der Waals surface area contributed by atoms with E-state index < -0.39 is 17.8 Å². The molecule has 1 aromatic heterocycles. The van der Waals surface area contributed by atoms with Crippen LogP contribution >= 0.6 is 0 Å². The van der Waals surface area contributed by atoms with E-state index in [9.17, 15) is 14.0 Å². The van der Waals surface area contributed by atoms with Gasteiger partial charge in [-0.3, -0.25) is 4.79 Å². The summed E-state index contributed by atoms with van der Waals surface area (Å²) in [4.78, 5) is 30.7. The molecule has 7 nitrogen and oxygen atoms in total. The molecule has 1 N–H and O–H groups in total. The first-order chi connectivity index (χ1) is 16.0. The first-order valence-electron chi connectivity index (χ1n) is 10.00. The zero-order chi connectivity index (χ0) is 23.4. The van der Waals surface area contributed by atoms with Crippen LogP contribution in [0.3, 0.4) is 0 Å². The Bertz CT molecular complexity index is 1310. The fourth-order valence-electron chi connectivity index (χ4n) is 3.47. The molecule has 2 amide bonds. The van der Waals surface area contributed by atoms with Gasteiger partial charge in [0.2, 0.25) is 0 Å². The predicted molar refractivity (Wildman–Crippen MR) is 122 cm³/mol. The minimum Gasteiger partial charge on any atom is -0.494 e. The third-order valence-corrected chi connectivity index (χ3v) is 4.99. The molecule has 3 aromatic carbocycles. The van der Waals surface area contributed by atoms with Crippen molar-refractivity contribution in [2.24, 2.45) is 0 Å². The number of hydrazine groups is 1. The van der Waals surface area contributed by atoms with Crippen LogP contribution in [-0.2, 0) is 4.74 Å². The van der Waals surface area contributed by atoms with Crippen LogP contribution in [0.15, 0.2) is 78.9 Å². The molecular formula is C25H20FN3O4. The number of hydrogen-bond acceptors (Lipinski definition) is 5. The monoisotopic (exact) mass is 445 g/mol. The lowest BCUT2D eigenvalue weighted by atomic mass is 10.0. The maximum atomic E-state index is 13.9. The fraction of sp³-hybridized carbons (Fsp3) is 0.0800. The number of halogens is 1. The first-order valence-corrected chi connectivity index (χ1v) is 10.00. The van der Waals surface area contributed by atoms with Gasteiger partial charge in [-0.2, -0.15) is 0 Å². The standard InChI is InChI=1S/C25H20FN3O4/c1-32-23-21(24(30)29(28-25(31)33-2)18-14-12-17(26)13-15-18)19-10-6-7-11-20(19)27-22(23)16-8-4-3-5-9-16/h3-15H,1-2H3,(H,28,31). The number of benzene rings is 3. The van der Waals surface area contributed by atoms with Gasteiger partial charge in [0.1, 0.15) is 11.5 Å². The van der Waals surface area contributed by atoms with Crippen LogP contribution in [0.2, 0.25) is 0 Å². The van der Waals surface area contributed by atoms with E-state index in [1.54, 1.807) is 18.2 Å². The molecule has 0 bridgehead atoms.